The number of thiophene rings is 1. The van der Waals surface area contributed by atoms with Crippen molar-refractivity contribution in [3.63, 3.8) is 0 Å². The lowest BCUT2D eigenvalue weighted by molar-refractivity contribution is -0.163. The molecule has 14 heteroatoms. The van der Waals surface area contributed by atoms with Crippen LogP contribution in [0, 0.1) is 11.8 Å². The van der Waals surface area contributed by atoms with Crippen molar-refractivity contribution in [2.75, 3.05) is 11.9 Å². The molecule has 4 rings (SSSR count). The molecule has 0 bridgehead atoms. The van der Waals surface area contributed by atoms with Crippen molar-refractivity contribution in [3.8, 4) is 0 Å². The van der Waals surface area contributed by atoms with Crippen LogP contribution in [0.5, 0.6) is 0 Å². The molecule has 11 nitrogen and oxygen atoms in total. The number of primary sulfonamides is 1. The van der Waals surface area contributed by atoms with Crippen LogP contribution < -0.4 is 15.8 Å². The van der Waals surface area contributed by atoms with E-state index in [4.69, 9.17) is 5.14 Å². The summed E-state index contributed by atoms with van der Waals surface area (Å²) in [6, 6.07) is 0.367. The monoisotopic (exact) mass is 516 g/mol. The molecular weight excluding hydrogens is 492 g/mol. The Morgan fingerprint density at radius 1 is 1.42 bits per heavy atom. The number of hydrogen-bond donors (Lipinski definition) is 5. The molecule has 6 atom stereocenters. The number of carbonyl (C=O) groups excluding carboxylic acids is 2. The van der Waals surface area contributed by atoms with Crippen LogP contribution in [0.1, 0.15) is 20.3 Å². The molecule has 4 heterocycles. The van der Waals surface area contributed by atoms with Gasteiger partial charge in [0, 0.05) is 28.0 Å². The maximum Gasteiger partial charge on any atom is 0.353 e. The van der Waals surface area contributed by atoms with Gasteiger partial charge in [0.25, 0.3) is 0 Å². The number of aliphatic hydroxyl groups is 1. The van der Waals surface area contributed by atoms with E-state index in [1.165, 1.54) is 35.0 Å². The lowest BCUT2D eigenvalue weighted by atomic mass is 9.79. The van der Waals surface area contributed by atoms with Crippen LogP contribution in [0.2, 0.25) is 0 Å². The molecule has 0 saturated carbocycles. The minimum atomic E-state index is -3.85. The molecule has 33 heavy (non-hydrogen) atoms. The highest BCUT2D eigenvalue weighted by Crippen LogP contribution is 2.51. The number of carbonyl (C=O) groups is 3. The Labute approximate surface area is 198 Å². The molecule has 2 fully saturated rings. The summed E-state index contributed by atoms with van der Waals surface area (Å²) < 4.78 is 22.8. The summed E-state index contributed by atoms with van der Waals surface area (Å²) in [4.78, 5) is 38.8. The third-order valence-corrected chi connectivity index (χ3v) is 9.56. The van der Waals surface area contributed by atoms with E-state index in [0.717, 1.165) is 11.3 Å². The van der Waals surface area contributed by atoms with Crippen LogP contribution in [0.3, 0.4) is 0 Å². The van der Waals surface area contributed by atoms with Crippen molar-refractivity contribution in [1.29, 1.82) is 0 Å². The Hall–Kier alpha value is -1.97. The second-order valence-corrected chi connectivity index (χ2v) is 12.2. The fourth-order valence-corrected chi connectivity index (χ4v) is 7.78. The highest BCUT2D eigenvalue weighted by atomic mass is 32.2. The lowest BCUT2D eigenvalue weighted by Crippen LogP contribution is -2.63. The highest BCUT2D eigenvalue weighted by Gasteiger charge is 2.60. The van der Waals surface area contributed by atoms with Crippen LogP contribution in [0.4, 0.5) is 5.00 Å². The fourth-order valence-electron chi connectivity index (χ4n) is 4.59. The Bertz CT molecular complexity index is 1150. The van der Waals surface area contributed by atoms with Crippen molar-refractivity contribution < 1.29 is 33.0 Å². The summed E-state index contributed by atoms with van der Waals surface area (Å²) in [7, 11) is -3.85. The van der Waals surface area contributed by atoms with Gasteiger partial charge in [0.1, 0.15) is 5.70 Å². The van der Waals surface area contributed by atoms with E-state index in [1.807, 2.05) is 6.92 Å². The van der Waals surface area contributed by atoms with Crippen molar-refractivity contribution >= 4 is 55.9 Å². The summed E-state index contributed by atoms with van der Waals surface area (Å²) in [6.07, 6.45) is -0.445. The van der Waals surface area contributed by atoms with Gasteiger partial charge in [-0.25, -0.2) is 18.4 Å². The van der Waals surface area contributed by atoms with Crippen LogP contribution in [-0.2, 0) is 24.4 Å². The highest BCUT2D eigenvalue weighted by molar-refractivity contribution is 8.03. The zero-order valence-corrected chi connectivity index (χ0v) is 20.2. The maximum absolute atomic E-state index is 12.6. The van der Waals surface area contributed by atoms with E-state index in [1.54, 1.807) is 0 Å². The molecule has 0 spiro atoms. The number of rotatable bonds is 7. The van der Waals surface area contributed by atoms with Crippen LogP contribution in [-0.4, -0.2) is 71.3 Å². The zero-order chi connectivity index (χ0) is 24.2. The third kappa shape index (κ3) is 4.31. The second kappa shape index (κ2) is 8.67. The number of carboxylic acids is 1. The van der Waals surface area contributed by atoms with Gasteiger partial charge < -0.3 is 25.7 Å². The summed E-state index contributed by atoms with van der Waals surface area (Å²) >= 11 is 2.39. The number of thioether (sulfide) groups is 1. The molecule has 0 radical (unpaired) electrons. The van der Waals surface area contributed by atoms with E-state index in [-0.39, 0.29) is 39.6 Å². The Balaban J connectivity index is 1.42. The molecule has 1 unspecified atom stereocenters. The van der Waals surface area contributed by atoms with Crippen molar-refractivity contribution in [1.82, 2.24) is 10.2 Å². The number of aliphatic carboxylic acids is 1. The first-order valence-electron chi connectivity index (χ1n) is 10.2. The minimum Gasteiger partial charge on any atom is -0.477 e. The first kappa shape index (κ1) is 24.2. The number of anilines is 1. The predicted octanol–water partition coefficient (Wildman–Crippen LogP) is -0.0486. The molecule has 0 aliphatic carbocycles. The number of carboxylic acid groups (broad SMARTS) is 1. The zero-order valence-electron chi connectivity index (χ0n) is 17.7. The average molecular weight is 517 g/mol. The summed E-state index contributed by atoms with van der Waals surface area (Å²) in [5, 5.41) is 32.2. The van der Waals surface area contributed by atoms with Gasteiger partial charge in [0.05, 0.1) is 34.0 Å². The summed E-state index contributed by atoms with van der Waals surface area (Å²) in [6.45, 7) is 3.84. The Morgan fingerprint density at radius 3 is 2.70 bits per heavy atom. The Kier molecular flexibility index (Phi) is 6.35. The minimum absolute atomic E-state index is 0.0404. The van der Waals surface area contributed by atoms with Gasteiger partial charge in [-0.15, -0.1) is 23.1 Å². The standard InChI is InChI=1S/C19H24N4O7S3/c1-7-14-13(8(2)24)18(26)23(14)15(19(27)28)16(7)32-9-3-11(21-5-9)17(25)22-12-4-10(6-31-12)33(20,29)30/h4,6-9,11,13-14,21,24H,3,5H2,1-2H3,(H,22,25)(H,27,28)(H2,20,29,30)/t7?,8-,9+,11+,13-,14-/m1/s1. The van der Waals surface area contributed by atoms with Gasteiger partial charge in [-0.1, -0.05) is 6.92 Å². The number of nitrogens with one attached hydrogen (secondary N) is 2. The van der Waals surface area contributed by atoms with E-state index < -0.39 is 34.1 Å². The molecular formula is C19H24N4O7S3. The van der Waals surface area contributed by atoms with E-state index >= 15 is 0 Å². The van der Waals surface area contributed by atoms with Crippen molar-refractivity contribution in [3.05, 3.63) is 22.0 Å². The normalized spacial score (nSPS) is 30.2. The molecule has 3 aliphatic heterocycles. The molecule has 0 aromatic carbocycles. The number of sulfonamides is 1. The van der Waals surface area contributed by atoms with Gasteiger partial charge >= 0.3 is 5.97 Å². The number of fused-ring (bicyclic) bond motifs is 1. The van der Waals surface area contributed by atoms with Crippen molar-refractivity contribution in [2.24, 2.45) is 17.0 Å². The number of aliphatic hydroxyl groups excluding tert-OH is 1. The topological polar surface area (TPSA) is 179 Å². The SMILES string of the molecule is CC1C(S[C@@H]2CN[C@H](C(=O)Nc3cc(S(N)(=O)=O)cs3)C2)=C(C(=O)O)N2C(=O)[C@H]([C@@H](C)O)[C@@H]12. The van der Waals surface area contributed by atoms with Gasteiger partial charge in [0.15, 0.2) is 0 Å². The lowest BCUT2D eigenvalue weighted by Gasteiger charge is -2.46. The number of hydrogen-bond acceptors (Lipinski definition) is 9. The van der Waals surface area contributed by atoms with E-state index in [0.29, 0.717) is 22.9 Å². The van der Waals surface area contributed by atoms with Gasteiger partial charge in [-0.3, -0.25) is 9.59 Å². The first-order chi connectivity index (χ1) is 15.4. The molecule has 2 amide bonds. The quantitative estimate of drug-likeness (QED) is 0.311. The summed E-state index contributed by atoms with van der Waals surface area (Å²) in [5.74, 6) is -2.77. The predicted molar refractivity (Wildman–Crippen MR) is 122 cm³/mol. The largest absolute Gasteiger partial charge is 0.477 e. The molecule has 180 valence electrons. The number of amides is 2. The van der Waals surface area contributed by atoms with Gasteiger partial charge in [-0.05, 0) is 19.4 Å². The first-order valence-corrected chi connectivity index (χ1v) is 13.5. The molecule has 3 aliphatic rings. The van der Waals surface area contributed by atoms with E-state index in [2.05, 4.69) is 10.6 Å². The van der Waals surface area contributed by atoms with Crippen LogP contribution in [0.15, 0.2) is 26.9 Å². The van der Waals surface area contributed by atoms with Crippen LogP contribution in [0.25, 0.3) is 0 Å². The van der Waals surface area contributed by atoms with Gasteiger partial charge in [-0.2, -0.15) is 0 Å². The molecule has 2 saturated heterocycles. The van der Waals surface area contributed by atoms with Crippen LogP contribution >= 0.6 is 23.1 Å². The smallest absolute Gasteiger partial charge is 0.353 e. The number of nitrogens with zero attached hydrogens (tertiary/aromatic N) is 1. The van der Waals surface area contributed by atoms with Gasteiger partial charge in [0.2, 0.25) is 21.8 Å². The fraction of sp³-hybridized carbons (Fsp3) is 0.526. The Morgan fingerprint density at radius 2 is 2.12 bits per heavy atom. The summed E-state index contributed by atoms with van der Waals surface area (Å²) in [5.41, 5.74) is -0.0404. The van der Waals surface area contributed by atoms with E-state index in [9.17, 15) is 33.0 Å². The van der Waals surface area contributed by atoms with Crippen molar-refractivity contribution in [2.45, 2.75) is 48.6 Å². The second-order valence-electron chi connectivity index (χ2n) is 8.39. The molecule has 6 N–H and O–H groups in total. The number of β-lactam (4-membered cyclic amide) rings is 1. The maximum atomic E-state index is 12.6. The molecule has 1 aromatic rings. The third-order valence-electron chi connectivity index (χ3n) is 6.16. The number of nitrogens with two attached hydrogens (primary N) is 1. The molecule has 1 aromatic heterocycles. The average Bonchev–Trinajstić information content (AvgIpc) is 3.40.